The summed E-state index contributed by atoms with van der Waals surface area (Å²) in [7, 11) is 0. The minimum atomic E-state index is -0.177. The van der Waals surface area contributed by atoms with Gasteiger partial charge in [-0.3, -0.25) is 9.59 Å². The number of carbonyl (C=O) groups is 2. The molecule has 32 heavy (non-hydrogen) atoms. The lowest BCUT2D eigenvalue weighted by Gasteiger charge is -2.29. The van der Waals surface area contributed by atoms with Gasteiger partial charge in [-0.25, -0.2) is 4.98 Å². The molecule has 1 saturated carbocycles. The van der Waals surface area contributed by atoms with E-state index in [0.717, 1.165) is 53.9 Å². The van der Waals surface area contributed by atoms with Gasteiger partial charge in [0.2, 0.25) is 11.8 Å². The molecule has 1 aliphatic heterocycles. The van der Waals surface area contributed by atoms with E-state index in [1.165, 1.54) is 0 Å². The maximum Gasteiger partial charge on any atom is 0.232 e. The number of aryl methyl sites for hydroxylation is 1. The maximum absolute atomic E-state index is 13.0. The molecular weight excluding hydrogens is 404 g/mol. The molecule has 2 heterocycles. The van der Waals surface area contributed by atoms with E-state index >= 15 is 0 Å². The Morgan fingerprint density at radius 2 is 2.19 bits per heavy atom. The van der Waals surface area contributed by atoms with Crippen molar-refractivity contribution < 1.29 is 14.3 Å². The molecule has 2 aliphatic rings. The number of hydrogen-bond acceptors (Lipinski definition) is 5. The van der Waals surface area contributed by atoms with E-state index < -0.39 is 0 Å². The molecule has 4 rings (SSSR count). The van der Waals surface area contributed by atoms with Crippen LogP contribution < -0.4 is 20.7 Å². The standard InChI is InChI=1S/C25H28N4O3/c1-3-6-23(30)28-18-8-4-7-17(13-18)25(31)29-22-14-20(16(2)15-27-22)19-9-5-10-21-24(19)32-12-11-26-21/h1,5,9-10,14-15,17-18,26H,4,6-8,11-13H2,2H3,(H,28,30)(H,27,29,31)/t17-,18+/m0/s1. The SMILES string of the molecule is C#CCC(=O)N[C@@H]1CCC[C@H](C(=O)Nc2cc(-c3cccc4c3OCCN4)c(C)cn2)C1. The second-order valence-corrected chi connectivity index (χ2v) is 8.34. The molecule has 0 unspecified atom stereocenters. The van der Waals surface area contributed by atoms with Crippen molar-refractivity contribution in [3.05, 3.63) is 36.0 Å². The van der Waals surface area contributed by atoms with Gasteiger partial charge < -0.3 is 20.7 Å². The van der Waals surface area contributed by atoms with Crippen molar-refractivity contribution in [1.82, 2.24) is 10.3 Å². The molecule has 166 valence electrons. The van der Waals surface area contributed by atoms with Crippen molar-refractivity contribution in [1.29, 1.82) is 0 Å². The van der Waals surface area contributed by atoms with E-state index in [2.05, 4.69) is 26.9 Å². The Labute approximate surface area is 188 Å². The Morgan fingerprint density at radius 3 is 3.03 bits per heavy atom. The molecule has 2 atom stereocenters. The molecule has 1 aliphatic carbocycles. The average molecular weight is 433 g/mol. The fraction of sp³-hybridized carbons (Fsp3) is 0.400. The summed E-state index contributed by atoms with van der Waals surface area (Å²) in [5.41, 5.74) is 3.91. The van der Waals surface area contributed by atoms with Gasteiger partial charge in [0.1, 0.15) is 18.2 Å². The first-order valence-electron chi connectivity index (χ1n) is 11.1. The lowest BCUT2D eigenvalue weighted by atomic mass is 9.85. The predicted molar refractivity (Wildman–Crippen MR) is 124 cm³/mol. The molecule has 2 amide bonds. The van der Waals surface area contributed by atoms with Crippen molar-refractivity contribution in [2.75, 3.05) is 23.8 Å². The van der Waals surface area contributed by atoms with Crippen LogP contribution >= 0.6 is 0 Å². The Balaban J connectivity index is 1.48. The van der Waals surface area contributed by atoms with Gasteiger partial charge in [0.25, 0.3) is 0 Å². The number of hydrogen-bond donors (Lipinski definition) is 3. The zero-order chi connectivity index (χ0) is 22.5. The fourth-order valence-electron chi connectivity index (χ4n) is 4.42. The Kier molecular flexibility index (Phi) is 6.60. The molecule has 1 aromatic heterocycles. The van der Waals surface area contributed by atoms with Crippen LogP contribution in [0.5, 0.6) is 5.75 Å². The van der Waals surface area contributed by atoms with Crippen molar-refractivity contribution in [2.24, 2.45) is 5.92 Å². The van der Waals surface area contributed by atoms with Crippen LogP contribution in [-0.2, 0) is 9.59 Å². The summed E-state index contributed by atoms with van der Waals surface area (Å²) in [6.45, 7) is 3.38. The second kappa shape index (κ2) is 9.73. The number of nitrogens with one attached hydrogen (secondary N) is 3. The summed E-state index contributed by atoms with van der Waals surface area (Å²) >= 11 is 0. The molecule has 0 bridgehead atoms. The van der Waals surface area contributed by atoms with Crippen LogP contribution in [0, 0.1) is 25.2 Å². The van der Waals surface area contributed by atoms with Gasteiger partial charge in [0, 0.05) is 30.3 Å². The highest BCUT2D eigenvalue weighted by Gasteiger charge is 2.28. The van der Waals surface area contributed by atoms with Crippen LogP contribution in [0.4, 0.5) is 11.5 Å². The number of terminal acetylenes is 1. The first kappa shape index (κ1) is 21.7. The van der Waals surface area contributed by atoms with Gasteiger partial charge in [-0.05, 0) is 49.4 Å². The normalized spacial score (nSPS) is 19.5. The third kappa shape index (κ3) is 4.86. The predicted octanol–water partition coefficient (Wildman–Crippen LogP) is 3.50. The molecule has 0 saturated heterocycles. The summed E-state index contributed by atoms with van der Waals surface area (Å²) in [5.74, 6) is 3.27. The first-order chi connectivity index (χ1) is 15.5. The Hall–Kier alpha value is -3.53. The topological polar surface area (TPSA) is 92.4 Å². The average Bonchev–Trinajstić information content (AvgIpc) is 2.80. The van der Waals surface area contributed by atoms with Crippen molar-refractivity contribution in [3.63, 3.8) is 0 Å². The molecule has 1 fully saturated rings. The van der Waals surface area contributed by atoms with Crippen molar-refractivity contribution >= 4 is 23.3 Å². The van der Waals surface area contributed by atoms with Gasteiger partial charge in [-0.1, -0.05) is 24.5 Å². The third-order valence-electron chi connectivity index (χ3n) is 6.00. The molecule has 3 N–H and O–H groups in total. The molecule has 0 radical (unpaired) electrons. The highest BCUT2D eigenvalue weighted by molar-refractivity contribution is 5.93. The third-order valence-corrected chi connectivity index (χ3v) is 6.00. The van der Waals surface area contributed by atoms with E-state index in [-0.39, 0.29) is 30.2 Å². The van der Waals surface area contributed by atoms with Gasteiger partial charge in [0.05, 0.1) is 12.1 Å². The summed E-state index contributed by atoms with van der Waals surface area (Å²) in [6.07, 6.45) is 10.2. The van der Waals surface area contributed by atoms with Crippen LogP contribution in [-0.4, -0.2) is 36.0 Å². The molecular formula is C25H28N4O3. The summed E-state index contributed by atoms with van der Waals surface area (Å²) in [6, 6.07) is 7.88. The zero-order valence-corrected chi connectivity index (χ0v) is 18.2. The van der Waals surface area contributed by atoms with Gasteiger partial charge in [-0.15, -0.1) is 6.42 Å². The number of benzene rings is 1. The van der Waals surface area contributed by atoms with Crippen molar-refractivity contribution in [2.45, 2.75) is 45.1 Å². The monoisotopic (exact) mass is 432 g/mol. The van der Waals surface area contributed by atoms with Crippen LogP contribution in [0.1, 0.15) is 37.7 Å². The maximum atomic E-state index is 13.0. The quantitative estimate of drug-likeness (QED) is 0.629. The molecule has 1 aromatic carbocycles. The highest BCUT2D eigenvalue weighted by atomic mass is 16.5. The number of aromatic nitrogens is 1. The number of anilines is 2. The number of carbonyl (C=O) groups excluding carboxylic acids is 2. The molecule has 0 spiro atoms. The second-order valence-electron chi connectivity index (χ2n) is 8.34. The van der Waals surface area contributed by atoms with Gasteiger partial charge in [0.15, 0.2) is 0 Å². The zero-order valence-electron chi connectivity index (χ0n) is 18.2. The number of pyridine rings is 1. The van der Waals surface area contributed by atoms with Crippen LogP contribution in [0.15, 0.2) is 30.5 Å². The lowest BCUT2D eigenvalue weighted by Crippen LogP contribution is -2.40. The summed E-state index contributed by atoms with van der Waals surface area (Å²) in [5, 5.41) is 9.27. The Bertz CT molecular complexity index is 1060. The van der Waals surface area contributed by atoms with Gasteiger partial charge >= 0.3 is 0 Å². The number of nitrogens with zero attached hydrogens (tertiary/aromatic N) is 1. The van der Waals surface area contributed by atoms with E-state index in [9.17, 15) is 9.59 Å². The Morgan fingerprint density at radius 1 is 1.31 bits per heavy atom. The largest absolute Gasteiger partial charge is 0.489 e. The minimum Gasteiger partial charge on any atom is -0.489 e. The van der Waals surface area contributed by atoms with Crippen molar-refractivity contribution in [3.8, 4) is 29.2 Å². The van der Waals surface area contributed by atoms with Crippen LogP contribution in [0.3, 0.4) is 0 Å². The smallest absolute Gasteiger partial charge is 0.232 e. The first-order valence-corrected chi connectivity index (χ1v) is 11.1. The van der Waals surface area contributed by atoms with Crippen LogP contribution in [0.25, 0.3) is 11.1 Å². The number of amides is 2. The molecule has 7 heteroatoms. The summed E-state index contributed by atoms with van der Waals surface area (Å²) in [4.78, 5) is 29.2. The number of para-hydroxylation sites is 1. The summed E-state index contributed by atoms with van der Waals surface area (Å²) < 4.78 is 5.92. The number of ether oxygens (including phenoxy) is 1. The highest BCUT2D eigenvalue weighted by Crippen LogP contribution is 2.39. The van der Waals surface area contributed by atoms with E-state index in [0.29, 0.717) is 18.8 Å². The fourth-order valence-corrected chi connectivity index (χ4v) is 4.42. The van der Waals surface area contributed by atoms with E-state index in [4.69, 9.17) is 11.2 Å². The molecule has 2 aromatic rings. The van der Waals surface area contributed by atoms with Crippen LogP contribution in [0.2, 0.25) is 0 Å². The lowest BCUT2D eigenvalue weighted by molar-refractivity contribution is -0.124. The number of rotatable bonds is 5. The number of fused-ring (bicyclic) bond motifs is 1. The van der Waals surface area contributed by atoms with Gasteiger partial charge in [-0.2, -0.15) is 0 Å². The van der Waals surface area contributed by atoms with E-state index in [1.54, 1.807) is 6.20 Å². The van der Waals surface area contributed by atoms with E-state index in [1.807, 2.05) is 31.2 Å². The minimum absolute atomic E-state index is 0.0256. The molecule has 7 nitrogen and oxygen atoms in total.